The molecular weight excluding hydrogens is 645 g/mol. The molecular formula is C37H33F3O9. The Morgan fingerprint density at radius 3 is 1.88 bits per heavy atom. The molecule has 0 radical (unpaired) electrons. The van der Waals surface area contributed by atoms with E-state index >= 15 is 0 Å². The number of esters is 4. The van der Waals surface area contributed by atoms with Crippen LogP contribution in [0.4, 0.5) is 13.2 Å². The Balaban J connectivity index is 1.51. The van der Waals surface area contributed by atoms with Crippen molar-refractivity contribution in [3.8, 4) is 22.6 Å². The van der Waals surface area contributed by atoms with Gasteiger partial charge >= 0.3 is 30.1 Å². The average molecular weight is 679 g/mol. The van der Waals surface area contributed by atoms with Gasteiger partial charge in [-0.05, 0) is 66.4 Å². The lowest BCUT2D eigenvalue weighted by molar-refractivity contribution is -0.170. The Labute approximate surface area is 280 Å². The number of hydrogen-bond acceptors (Lipinski definition) is 9. The van der Waals surface area contributed by atoms with Gasteiger partial charge < -0.3 is 23.7 Å². The van der Waals surface area contributed by atoms with Crippen LogP contribution >= 0.6 is 0 Å². The topological polar surface area (TPSA) is 114 Å². The summed E-state index contributed by atoms with van der Waals surface area (Å²) in [6.45, 7) is 2.42. The molecule has 0 saturated heterocycles. The minimum absolute atomic E-state index is 0.0135. The Bertz CT molecular complexity index is 1770. The van der Waals surface area contributed by atoms with Crippen molar-refractivity contribution in [1.82, 2.24) is 0 Å². The molecule has 0 atom stereocenters. The number of halogens is 3. The summed E-state index contributed by atoms with van der Waals surface area (Å²) >= 11 is 0. The second-order valence-electron chi connectivity index (χ2n) is 10.5. The van der Waals surface area contributed by atoms with Crippen molar-refractivity contribution >= 4 is 23.9 Å². The fraction of sp³-hybridized carbons (Fsp3) is 0.243. The highest BCUT2D eigenvalue weighted by Crippen LogP contribution is 2.34. The third kappa shape index (κ3) is 8.45. The first-order valence-electron chi connectivity index (χ1n) is 15.2. The van der Waals surface area contributed by atoms with Crippen molar-refractivity contribution in [2.75, 3.05) is 26.9 Å². The summed E-state index contributed by atoms with van der Waals surface area (Å²) in [4.78, 5) is 52.7. The maximum atomic E-state index is 13.3. The number of rotatable bonds is 13. The van der Waals surface area contributed by atoms with Crippen molar-refractivity contribution in [2.24, 2.45) is 0 Å². The fourth-order valence-corrected chi connectivity index (χ4v) is 4.97. The summed E-state index contributed by atoms with van der Waals surface area (Å²) in [6, 6.07) is 23.1. The molecule has 4 aromatic rings. The Morgan fingerprint density at radius 1 is 0.673 bits per heavy atom. The van der Waals surface area contributed by atoms with Crippen LogP contribution in [-0.4, -0.2) is 50.8 Å². The maximum Gasteiger partial charge on any atom is 0.416 e. The predicted molar refractivity (Wildman–Crippen MR) is 171 cm³/mol. The molecule has 0 fully saturated rings. The molecule has 12 heteroatoms. The molecule has 0 amide bonds. The first-order chi connectivity index (χ1) is 23.4. The normalized spacial score (nSPS) is 11.3. The van der Waals surface area contributed by atoms with E-state index in [0.29, 0.717) is 16.7 Å². The fourth-order valence-electron chi connectivity index (χ4n) is 4.97. The lowest BCUT2D eigenvalue weighted by Gasteiger charge is -2.29. The van der Waals surface area contributed by atoms with Crippen LogP contribution in [0.3, 0.4) is 0 Å². The molecule has 0 spiro atoms. The van der Waals surface area contributed by atoms with E-state index in [2.05, 4.69) is 0 Å². The summed E-state index contributed by atoms with van der Waals surface area (Å²) in [5.41, 5.74) is -1.42. The number of carbonyl (C=O) groups is 4. The molecule has 4 aromatic carbocycles. The molecule has 0 bridgehead atoms. The summed E-state index contributed by atoms with van der Waals surface area (Å²) in [5, 5.41) is 0. The van der Waals surface area contributed by atoms with Gasteiger partial charge in [-0.25, -0.2) is 4.79 Å². The first kappa shape index (κ1) is 36.2. The summed E-state index contributed by atoms with van der Waals surface area (Å²) < 4.78 is 66.1. The minimum Gasteiger partial charge on any atom is -0.493 e. The summed E-state index contributed by atoms with van der Waals surface area (Å²) in [6.07, 6.45) is -4.81. The van der Waals surface area contributed by atoms with Gasteiger partial charge in [0.25, 0.3) is 0 Å². The van der Waals surface area contributed by atoms with Crippen LogP contribution in [-0.2, 0) is 46.6 Å². The van der Waals surface area contributed by atoms with E-state index < -0.39 is 47.6 Å². The molecule has 0 unspecified atom stereocenters. The van der Waals surface area contributed by atoms with Crippen LogP contribution in [0.15, 0.2) is 97.1 Å². The van der Waals surface area contributed by atoms with Crippen LogP contribution in [0, 0.1) is 0 Å². The summed E-state index contributed by atoms with van der Waals surface area (Å²) in [5.74, 6) is -3.33. The lowest BCUT2D eigenvalue weighted by atomic mass is 9.81. The molecule has 4 rings (SSSR count). The first-order valence-corrected chi connectivity index (χ1v) is 15.2. The molecule has 0 aliphatic heterocycles. The third-order valence-corrected chi connectivity index (χ3v) is 7.41. The molecule has 0 saturated carbocycles. The van der Waals surface area contributed by atoms with Gasteiger partial charge in [0.2, 0.25) is 5.41 Å². The number of alkyl halides is 3. The van der Waals surface area contributed by atoms with Gasteiger partial charge in [0.1, 0.15) is 6.61 Å². The van der Waals surface area contributed by atoms with Gasteiger partial charge in [-0.3, -0.25) is 14.4 Å². The number of methoxy groups -OCH3 is 1. The van der Waals surface area contributed by atoms with E-state index in [0.717, 1.165) is 12.1 Å². The molecule has 256 valence electrons. The van der Waals surface area contributed by atoms with E-state index in [4.69, 9.17) is 23.7 Å². The van der Waals surface area contributed by atoms with Crippen molar-refractivity contribution < 1.29 is 56.0 Å². The van der Waals surface area contributed by atoms with Crippen molar-refractivity contribution in [2.45, 2.75) is 31.9 Å². The van der Waals surface area contributed by atoms with Crippen LogP contribution in [0.25, 0.3) is 11.1 Å². The quantitative estimate of drug-likeness (QED) is 0.0656. The van der Waals surface area contributed by atoms with Crippen LogP contribution < -0.4 is 9.47 Å². The number of benzene rings is 4. The van der Waals surface area contributed by atoms with Gasteiger partial charge in [0.05, 0.1) is 37.9 Å². The van der Waals surface area contributed by atoms with Gasteiger partial charge in [-0.15, -0.1) is 0 Å². The monoisotopic (exact) mass is 678 g/mol. The Kier molecular flexibility index (Phi) is 11.8. The SMILES string of the molecule is CCOC(=O)C(COC(=O)Cc1ccc(OC(=O)c2ccccc2-c2ccc(C(F)(F)F)cc2)c(OC)c1)(C(=O)OCC)c1ccccc1. The highest BCUT2D eigenvalue weighted by atomic mass is 19.4. The average Bonchev–Trinajstić information content (AvgIpc) is 3.09. The van der Waals surface area contributed by atoms with Gasteiger partial charge in [0, 0.05) is 0 Å². The largest absolute Gasteiger partial charge is 0.493 e. The summed E-state index contributed by atoms with van der Waals surface area (Å²) in [7, 11) is 1.33. The highest BCUT2D eigenvalue weighted by Gasteiger charge is 2.52. The zero-order chi connectivity index (χ0) is 35.6. The highest BCUT2D eigenvalue weighted by molar-refractivity contribution is 6.07. The minimum atomic E-state index is -4.51. The zero-order valence-corrected chi connectivity index (χ0v) is 26.9. The van der Waals surface area contributed by atoms with E-state index in [1.165, 1.54) is 55.6 Å². The molecule has 0 N–H and O–H groups in total. The number of carbonyl (C=O) groups excluding carboxylic acids is 4. The second kappa shape index (κ2) is 16.0. The number of hydrogen-bond donors (Lipinski definition) is 0. The van der Waals surface area contributed by atoms with Crippen molar-refractivity contribution in [1.29, 1.82) is 0 Å². The molecule has 0 heterocycles. The Morgan fingerprint density at radius 2 is 1.29 bits per heavy atom. The second-order valence-corrected chi connectivity index (χ2v) is 10.5. The smallest absolute Gasteiger partial charge is 0.416 e. The molecule has 49 heavy (non-hydrogen) atoms. The van der Waals surface area contributed by atoms with E-state index in [1.54, 1.807) is 50.2 Å². The van der Waals surface area contributed by atoms with Crippen LogP contribution in [0.1, 0.15) is 40.9 Å². The van der Waals surface area contributed by atoms with Gasteiger partial charge in [-0.2, -0.15) is 13.2 Å². The molecule has 0 aromatic heterocycles. The predicted octanol–water partition coefficient (Wildman–Crippen LogP) is 6.75. The van der Waals surface area contributed by atoms with Crippen LogP contribution in [0.5, 0.6) is 11.5 Å². The number of ether oxygens (including phenoxy) is 5. The van der Waals surface area contributed by atoms with Gasteiger partial charge in [0.15, 0.2) is 11.5 Å². The van der Waals surface area contributed by atoms with Crippen molar-refractivity contribution in [3.63, 3.8) is 0 Å². The Hall–Kier alpha value is -5.65. The molecule has 0 aliphatic rings. The van der Waals surface area contributed by atoms with Crippen molar-refractivity contribution in [3.05, 3.63) is 119 Å². The lowest BCUT2D eigenvalue weighted by Crippen LogP contribution is -2.50. The van der Waals surface area contributed by atoms with Gasteiger partial charge in [-0.1, -0.05) is 66.7 Å². The van der Waals surface area contributed by atoms with Crippen LogP contribution in [0.2, 0.25) is 0 Å². The van der Waals surface area contributed by atoms with E-state index in [-0.39, 0.29) is 42.3 Å². The molecule has 9 nitrogen and oxygen atoms in total. The third-order valence-electron chi connectivity index (χ3n) is 7.41. The zero-order valence-electron chi connectivity index (χ0n) is 26.9. The van der Waals surface area contributed by atoms with E-state index in [1.807, 2.05) is 0 Å². The standard InChI is InChI=1S/C37H33F3O9/c1-4-46-34(43)36(35(44)47-5-2,26-11-7-6-8-12-26)23-48-32(41)22-24-15-20-30(31(21-24)45-3)49-33(42)29-14-10-9-13-28(29)25-16-18-27(19-17-25)37(38,39)40/h6-21H,4-5,22-23H2,1-3H3. The maximum absolute atomic E-state index is 13.3. The molecule has 0 aliphatic carbocycles. The van der Waals surface area contributed by atoms with E-state index in [9.17, 15) is 32.3 Å².